The lowest BCUT2D eigenvalue weighted by molar-refractivity contribution is -0.140. The third-order valence-corrected chi connectivity index (χ3v) is 5.34. The van der Waals surface area contributed by atoms with E-state index in [1.165, 1.54) is 23.1 Å². The van der Waals surface area contributed by atoms with E-state index in [0.717, 1.165) is 5.56 Å². The van der Waals surface area contributed by atoms with Crippen LogP contribution in [0.2, 0.25) is 0 Å². The summed E-state index contributed by atoms with van der Waals surface area (Å²) in [5.74, 6) is -0.260. The van der Waals surface area contributed by atoms with Crippen LogP contribution in [0.15, 0.2) is 78.9 Å². The Balaban J connectivity index is 1.32. The highest BCUT2D eigenvalue weighted by molar-refractivity contribution is 6.12. The van der Waals surface area contributed by atoms with Gasteiger partial charge in [0.05, 0.1) is 18.8 Å². The summed E-state index contributed by atoms with van der Waals surface area (Å²) in [7, 11) is 0. The Morgan fingerprint density at radius 2 is 1.41 bits per heavy atom. The van der Waals surface area contributed by atoms with Gasteiger partial charge in [-0.2, -0.15) is 0 Å². The monoisotopic (exact) mass is 535 g/mol. The Bertz CT molecular complexity index is 1210. The summed E-state index contributed by atoms with van der Waals surface area (Å²) in [6.07, 6.45) is 6.75. The van der Waals surface area contributed by atoms with Crippen LogP contribution in [0, 0.1) is 0 Å². The van der Waals surface area contributed by atoms with E-state index in [-0.39, 0.29) is 30.6 Å². The van der Waals surface area contributed by atoms with Gasteiger partial charge in [-0.3, -0.25) is 14.5 Å². The third-order valence-electron chi connectivity index (χ3n) is 5.34. The predicted molar refractivity (Wildman–Crippen MR) is 141 cm³/mol. The highest BCUT2D eigenvalue weighted by Crippen LogP contribution is 2.19. The number of aliphatic hydroxyl groups is 1. The molecule has 0 unspecified atom stereocenters. The molecule has 1 heterocycles. The van der Waals surface area contributed by atoms with Crippen molar-refractivity contribution in [3.8, 4) is 17.2 Å². The number of aliphatic hydroxyl groups excluding tert-OH is 1. The number of esters is 2. The molecule has 0 atom stereocenters. The first-order chi connectivity index (χ1) is 18.9. The van der Waals surface area contributed by atoms with Crippen molar-refractivity contribution < 1.29 is 43.2 Å². The molecule has 39 heavy (non-hydrogen) atoms. The van der Waals surface area contributed by atoms with Crippen LogP contribution in [0.3, 0.4) is 0 Å². The summed E-state index contributed by atoms with van der Waals surface area (Å²) in [6, 6.07) is 13.5. The van der Waals surface area contributed by atoms with Crippen molar-refractivity contribution in [1.29, 1.82) is 0 Å². The maximum absolute atomic E-state index is 12.2. The molecule has 3 rings (SSSR count). The van der Waals surface area contributed by atoms with Gasteiger partial charge in [-0.25, -0.2) is 9.59 Å². The van der Waals surface area contributed by atoms with Crippen LogP contribution >= 0.6 is 0 Å². The highest BCUT2D eigenvalue weighted by atomic mass is 16.6. The molecule has 1 N–H and O–H groups in total. The molecule has 0 bridgehead atoms. The van der Waals surface area contributed by atoms with Crippen molar-refractivity contribution >= 4 is 29.8 Å². The number of ether oxygens (including phenoxy) is 4. The van der Waals surface area contributed by atoms with Crippen molar-refractivity contribution in [2.75, 3.05) is 33.0 Å². The van der Waals surface area contributed by atoms with Gasteiger partial charge in [-0.1, -0.05) is 18.7 Å². The van der Waals surface area contributed by atoms with Crippen LogP contribution in [0.4, 0.5) is 0 Å². The van der Waals surface area contributed by atoms with Crippen LogP contribution in [0.25, 0.3) is 6.08 Å². The molecule has 10 nitrogen and oxygen atoms in total. The van der Waals surface area contributed by atoms with Crippen molar-refractivity contribution in [2.24, 2.45) is 0 Å². The van der Waals surface area contributed by atoms with E-state index in [1.54, 1.807) is 54.6 Å². The molecule has 2 aromatic rings. The average molecular weight is 536 g/mol. The Kier molecular flexibility index (Phi) is 11.0. The molecule has 10 heteroatoms. The van der Waals surface area contributed by atoms with Gasteiger partial charge in [0, 0.05) is 24.8 Å². The van der Waals surface area contributed by atoms with Gasteiger partial charge in [-0.05, 0) is 60.9 Å². The zero-order chi connectivity index (χ0) is 28.0. The Hall–Kier alpha value is -4.70. The molecule has 0 aromatic heterocycles. The van der Waals surface area contributed by atoms with Crippen molar-refractivity contribution in [1.82, 2.24) is 4.90 Å². The summed E-state index contributed by atoms with van der Waals surface area (Å²) in [5, 5.41) is 8.82. The summed E-state index contributed by atoms with van der Waals surface area (Å²) in [6.45, 7) is 3.85. The second-order valence-electron chi connectivity index (χ2n) is 8.26. The molecule has 0 saturated heterocycles. The number of carbonyl (C=O) groups is 4. The summed E-state index contributed by atoms with van der Waals surface area (Å²) in [5.41, 5.74) is 0.730. The molecule has 1 aliphatic heterocycles. The SMILES string of the molecule is C=C(CO)C(=O)OCCOc1ccc(/C=C/C(=O)Oc2ccc(OCCCCN3C(=O)C=CC3=O)cc2)cc1. The fourth-order valence-corrected chi connectivity index (χ4v) is 3.27. The van der Waals surface area contributed by atoms with E-state index in [9.17, 15) is 19.2 Å². The standard InChI is InChI=1S/C29H29NO9/c1-21(20-31)29(35)38-19-18-37-23-7-4-22(5-8-23)6-15-28(34)39-25-11-9-24(10-12-25)36-17-3-2-16-30-26(32)13-14-27(30)33/h4-15,31H,1-3,16-20H2/b15-6+. The zero-order valence-electron chi connectivity index (χ0n) is 21.2. The number of imide groups is 1. The number of hydrogen-bond donors (Lipinski definition) is 1. The fourth-order valence-electron chi connectivity index (χ4n) is 3.27. The minimum Gasteiger partial charge on any atom is -0.494 e. The van der Waals surface area contributed by atoms with Crippen molar-refractivity contribution in [3.05, 3.63) is 84.5 Å². The lowest BCUT2D eigenvalue weighted by Crippen LogP contribution is -2.31. The molecule has 0 saturated carbocycles. The lowest BCUT2D eigenvalue weighted by Gasteiger charge is -2.13. The summed E-state index contributed by atoms with van der Waals surface area (Å²) >= 11 is 0. The fraction of sp³-hybridized carbons (Fsp3) is 0.241. The quantitative estimate of drug-likeness (QED) is 0.120. The van der Waals surface area contributed by atoms with Crippen LogP contribution in [0.5, 0.6) is 17.2 Å². The number of amides is 2. The van der Waals surface area contributed by atoms with Gasteiger partial charge < -0.3 is 24.1 Å². The van der Waals surface area contributed by atoms with Crippen LogP contribution < -0.4 is 14.2 Å². The number of hydrogen-bond acceptors (Lipinski definition) is 9. The van der Waals surface area contributed by atoms with E-state index in [4.69, 9.17) is 24.1 Å². The van der Waals surface area contributed by atoms with E-state index >= 15 is 0 Å². The average Bonchev–Trinajstić information content (AvgIpc) is 3.27. The van der Waals surface area contributed by atoms with E-state index in [0.29, 0.717) is 43.2 Å². The van der Waals surface area contributed by atoms with Gasteiger partial charge in [0.25, 0.3) is 11.8 Å². The Morgan fingerprint density at radius 1 is 0.821 bits per heavy atom. The maximum Gasteiger partial charge on any atom is 0.336 e. The predicted octanol–water partition coefficient (Wildman–Crippen LogP) is 2.86. The highest BCUT2D eigenvalue weighted by Gasteiger charge is 2.22. The minimum atomic E-state index is -0.671. The van der Waals surface area contributed by atoms with Gasteiger partial charge >= 0.3 is 11.9 Å². The van der Waals surface area contributed by atoms with E-state index in [1.807, 2.05) is 0 Å². The first-order valence-electron chi connectivity index (χ1n) is 12.2. The number of nitrogens with zero attached hydrogens (tertiary/aromatic N) is 1. The van der Waals surface area contributed by atoms with Crippen LogP contribution in [0.1, 0.15) is 18.4 Å². The third kappa shape index (κ3) is 9.60. The Morgan fingerprint density at radius 3 is 2.05 bits per heavy atom. The minimum absolute atomic E-state index is 0.0156. The van der Waals surface area contributed by atoms with Gasteiger partial charge in [-0.15, -0.1) is 0 Å². The maximum atomic E-state index is 12.2. The number of carbonyl (C=O) groups excluding carboxylic acids is 4. The number of rotatable bonds is 15. The first kappa shape index (κ1) is 28.9. The zero-order valence-corrected chi connectivity index (χ0v) is 21.2. The smallest absolute Gasteiger partial charge is 0.336 e. The molecule has 0 radical (unpaired) electrons. The first-order valence-corrected chi connectivity index (χ1v) is 12.2. The second kappa shape index (κ2) is 14.9. The molecule has 204 valence electrons. The molecule has 0 aliphatic carbocycles. The molecule has 0 spiro atoms. The molecular weight excluding hydrogens is 506 g/mol. The van der Waals surface area contributed by atoms with Gasteiger partial charge in [0.1, 0.15) is 30.5 Å². The van der Waals surface area contributed by atoms with Crippen LogP contribution in [-0.2, 0) is 23.9 Å². The summed E-state index contributed by atoms with van der Waals surface area (Å²) < 4.78 is 21.3. The normalized spacial score (nSPS) is 12.6. The second-order valence-corrected chi connectivity index (χ2v) is 8.26. The number of unbranched alkanes of at least 4 members (excludes halogenated alkanes) is 1. The van der Waals surface area contributed by atoms with Crippen molar-refractivity contribution in [2.45, 2.75) is 12.8 Å². The van der Waals surface area contributed by atoms with Crippen molar-refractivity contribution in [3.63, 3.8) is 0 Å². The number of benzene rings is 2. The molecule has 2 amide bonds. The van der Waals surface area contributed by atoms with Crippen LogP contribution in [-0.4, -0.2) is 66.7 Å². The Labute approximate surface area is 225 Å². The van der Waals surface area contributed by atoms with Gasteiger partial charge in [0.15, 0.2) is 0 Å². The van der Waals surface area contributed by atoms with E-state index < -0.39 is 18.5 Å². The van der Waals surface area contributed by atoms with E-state index in [2.05, 4.69) is 6.58 Å². The lowest BCUT2D eigenvalue weighted by atomic mass is 10.2. The molecule has 1 aliphatic rings. The molecule has 2 aromatic carbocycles. The summed E-state index contributed by atoms with van der Waals surface area (Å²) in [4.78, 5) is 47.8. The largest absolute Gasteiger partial charge is 0.494 e. The topological polar surface area (TPSA) is 129 Å². The molecular formula is C29H29NO9. The molecule has 0 fully saturated rings. The van der Waals surface area contributed by atoms with Gasteiger partial charge in [0.2, 0.25) is 0 Å².